The third kappa shape index (κ3) is 1.41. The lowest BCUT2D eigenvalue weighted by molar-refractivity contribution is -0.120. The number of Topliss-reactive ketones (excluding diaryl/α,β-unsaturated/α-hetero) is 1. The SMILES string of the molecule is C[C@@H]1CN(C)C[C@@H]2[C@H]1CC(=O)[C@H]2C. The summed E-state index contributed by atoms with van der Waals surface area (Å²) in [5.41, 5.74) is 0. The van der Waals surface area contributed by atoms with E-state index in [0.29, 0.717) is 29.5 Å². The van der Waals surface area contributed by atoms with Crippen LogP contribution in [0.15, 0.2) is 0 Å². The first-order valence-corrected chi connectivity index (χ1v) is 5.31. The van der Waals surface area contributed by atoms with Crippen molar-refractivity contribution in [2.24, 2.45) is 23.7 Å². The zero-order valence-electron chi connectivity index (χ0n) is 8.79. The number of hydrogen-bond acceptors (Lipinski definition) is 2. The lowest BCUT2D eigenvalue weighted by Crippen LogP contribution is -2.42. The number of likely N-dealkylation sites (tertiary alicyclic amines) is 1. The number of rotatable bonds is 0. The molecule has 2 heteroatoms. The van der Waals surface area contributed by atoms with Crippen molar-refractivity contribution in [3.8, 4) is 0 Å². The van der Waals surface area contributed by atoms with Crippen molar-refractivity contribution in [1.82, 2.24) is 4.90 Å². The van der Waals surface area contributed by atoms with Gasteiger partial charge in [-0.05, 0) is 24.8 Å². The molecule has 0 amide bonds. The molecule has 0 radical (unpaired) electrons. The highest BCUT2D eigenvalue weighted by atomic mass is 16.1. The monoisotopic (exact) mass is 181 g/mol. The first-order chi connectivity index (χ1) is 6.09. The Morgan fingerprint density at radius 3 is 2.62 bits per heavy atom. The Balaban J connectivity index is 2.17. The van der Waals surface area contributed by atoms with Gasteiger partial charge in [0.2, 0.25) is 0 Å². The maximum atomic E-state index is 11.6. The topological polar surface area (TPSA) is 20.3 Å². The van der Waals surface area contributed by atoms with E-state index in [2.05, 4.69) is 25.8 Å². The molecule has 0 bridgehead atoms. The summed E-state index contributed by atoms with van der Waals surface area (Å²) >= 11 is 0. The highest BCUT2D eigenvalue weighted by molar-refractivity contribution is 5.83. The molecule has 0 unspecified atom stereocenters. The molecular formula is C11H19NO. The first kappa shape index (κ1) is 9.20. The van der Waals surface area contributed by atoms with E-state index in [-0.39, 0.29) is 0 Å². The van der Waals surface area contributed by atoms with Crippen LogP contribution in [0.1, 0.15) is 20.3 Å². The molecule has 2 rings (SSSR count). The van der Waals surface area contributed by atoms with Crippen LogP contribution in [0.4, 0.5) is 0 Å². The Hall–Kier alpha value is -0.370. The fraction of sp³-hybridized carbons (Fsp3) is 0.909. The zero-order valence-corrected chi connectivity index (χ0v) is 8.79. The molecule has 0 spiro atoms. The number of fused-ring (bicyclic) bond motifs is 1. The minimum atomic E-state index is 0.315. The van der Waals surface area contributed by atoms with Crippen molar-refractivity contribution in [3.05, 3.63) is 0 Å². The van der Waals surface area contributed by atoms with Gasteiger partial charge in [-0.3, -0.25) is 4.79 Å². The van der Waals surface area contributed by atoms with Crippen LogP contribution in [0.2, 0.25) is 0 Å². The average molecular weight is 181 g/mol. The molecule has 4 atom stereocenters. The highest BCUT2D eigenvalue weighted by Crippen LogP contribution is 2.41. The van der Waals surface area contributed by atoms with Gasteiger partial charge in [0.05, 0.1) is 0 Å². The Kier molecular flexibility index (Phi) is 2.18. The van der Waals surface area contributed by atoms with Crippen LogP contribution in [0.25, 0.3) is 0 Å². The Morgan fingerprint density at radius 2 is 1.92 bits per heavy atom. The molecule has 2 aliphatic rings. The van der Waals surface area contributed by atoms with Crippen molar-refractivity contribution in [2.45, 2.75) is 20.3 Å². The molecular weight excluding hydrogens is 162 g/mol. The molecule has 0 aromatic rings. The second-order valence-electron chi connectivity index (χ2n) is 4.99. The van der Waals surface area contributed by atoms with E-state index in [0.717, 1.165) is 13.0 Å². The molecule has 0 N–H and O–H groups in total. The van der Waals surface area contributed by atoms with Crippen LogP contribution in [-0.4, -0.2) is 30.8 Å². The molecule has 2 fully saturated rings. The van der Waals surface area contributed by atoms with Crippen molar-refractivity contribution in [1.29, 1.82) is 0 Å². The maximum Gasteiger partial charge on any atom is 0.136 e. The van der Waals surface area contributed by atoms with Crippen LogP contribution < -0.4 is 0 Å². The third-order valence-electron chi connectivity index (χ3n) is 3.99. The maximum absolute atomic E-state index is 11.6. The summed E-state index contributed by atoms with van der Waals surface area (Å²) in [6.45, 7) is 6.70. The average Bonchev–Trinajstić information content (AvgIpc) is 2.32. The summed E-state index contributed by atoms with van der Waals surface area (Å²) < 4.78 is 0. The number of ketones is 1. The van der Waals surface area contributed by atoms with Crippen LogP contribution in [0.3, 0.4) is 0 Å². The molecule has 0 aromatic heterocycles. The molecule has 1 aliphatic carbocycles. The fourth-order valence-corrected chi connectivity index (χ4v) is 3.16. The second-order valence-corrected chi connectivity index (χ2v) is 4.99. The van der Waals surface area contributed by atoms with Gasteiger partial charge < -0.3 is 4.90 Å². The number of carbonyl (C=O) groups is 1. The van der Waals surface area contributed by atoms with Crippen LogP contribution in [-0.2, 0) is 4.79 Å². The zero-order chi connectivity index (χ0) is 9.59. The van der Waals surface area contributed by atoms with Crippen LogP contribution in [0, 0.1) is 23.7 Å². The molecule has 0 aromatic carbocycles. The summed E-state index contributed by atoms with van der Waals surface area (Å²) in [4.78, 5) is 14.0. The van der Waals surface area contributed by atoms with E-state index in [9.17, 15) is 4.79 Å². The molecule has 1 saturated carbocycles. The lowest BCUT2D eigenvalue weighted by Gasteiger charge is -2.38. The fourth-order valence-electron chi connectivity index (χ4n) is 3.16. The van der Waals surface area contributed by atoms with Crippen LogP contribution in [0.5, 0.6) is 0 Å². The van der Waals surface area contributed by atoms with Gasteiger partial charge in [0.25, 0.3) is 0 Å². The van der Waals surface area contributed by atoms with Gasteiger partial charge >= 0.3 is 0 Å². The molecule has 74 valence electrons. The second kappa shape index (κ2) is 3.09. The molecule has 13 heavy (non-hydrogen) atoms. The number of hydrogen-bond donors (Lipinski definition) is 0. The standard InChI is InChI=1S/C11H19NO/c1-7-5-12(3)6-10-8(2)11(13)4-9(7)10/h7-10H,4-6H2,1-3H3/t7-,8+,9+,10+/m1/s1. The van der Waals surface area contributed by atoms with E-state index >= 15 is 0 Å². The predicted molar refractivity (Wildman–Crippen MR) is 52.4 cm³/mol. The van der Waals surface area contributed by atoms with E-state index in [1.165, 1.54) is 6.54 Å². The minimum absolute atomic E-state index is 0.315. The normalized spacial score (nSPS) is 46.5. The number of nitrogens with zero attached hydrogens (tertiary/aromatic N) is 1. The summed E-state index contributed by atoms with van der Waals surface area (Å²) in [6.07, 6.45) is 0.848. The number of carbonyl (C=O) groups excluding carboxylic acids is 1. The van der Waals surface area contributed by atoms with Gasteiger partial charge in [-0.25, -0.2) is 0 Å². The summed E-state index contributed by atoms with van der Waals surface area (Å²) in [5, 5.41) is 0. The van der Waals surface area contributed by atoms with E-state index in [1.54, 1.807) is 0 Å². The quantitative estimate of drug-likeness (QED) is 0.563. The third-order valence-corrected chi connectivity index (χ3v) is 3.99. The summed E-state index contributed by atoms with van der Waals surface area (Å²) in [7, 11) is 2.17. The predicted octanol–water partition coefficient (Wildman–Crippen LogP) is 1.41. The highest BCUT2D eigenvalue weighted by Gasteiger charge is 2.44. The minimum Gasteiger partial charge on any atom is -0.306 e. The van der Waals surface area contributed by atoms with Crippen molar-refractivity contribution in [2.75, 3.05) is 20.1 Å². The van der Waals surface area contributed by atoms with Gasteiger partial charge in [-0.15, -0.1) is 0 Å². The van der Waals surface area contributed by atoms with Gasteiger partial charge in [0.1, 0.15) is 5.78 Å². The van der Waals surface area contributed by atoms with Gasteiger partial charge in [0, 0.05) is 25.4 Å². The van der Waals surface area contributed by atoms with E-state index < -0.39 is 0 Å². The van der Waals surface area contributed by atoms with Crippen molar-refractivity contribution >= 4 is 5.78 Å². The lowest BCUT2D eigenvalue weighted by atomic mass is 9.79. The van der Waals surface area contributed by atoms with Crippen molar-refractivity contribution in [3.63, 3.8) is 0 Å². The van der Waals surface area contributed by atoms with Crippen molar-refractivity contribution < 1.29 is 4.79 Å². The largest absolute Gasteiger partial charge is 0.306 e. The van der Waals surface area contributed by atoms with Gasteiger partial charge in [-0.1, -0.05) is 13.8 Å². The summed E-state index contributed by atoms with van der Waals surface area (Å²) in [6, 6.07) is 0. The summed E-state index contributed by atoms with van der Waals surface area (Å²) in [5.74, 6) is 2.84. The molecule has 1 aliphatic heterocycles. The van der Waals surface area contributed by atoms with E-state index in [1.807, 2.05) is 0 Å². The molecule has 1 heterocycles. The Morgan fingerprint density at radius 1 is 1.23 bits per heavy atom. The Labute approximate surface area is 80.3 Å². The Bertz CT molecular complexity index is 226. The molecule has 2 nitrogen and oxygen atoms in total. The molecule has 1 saturated heterocycles. The van der Waals surface area contributed by atoms with Gasteiger partial charge in [-0.2, -0.15) is 0 Å². The smallest absolute Gasteiger partial charge is 0.136 e. The number of piperidine rings is 1. The van der Waals surface area contributed by atoms with Gasteiger partial charge in [0.15, 0.2) is 0 Å². The first-order valence-electron chi connectivity index (χ1n) is 5.31. The van der Waals surface area contributed by atoms with E-state index in [4.69, 9.17) is 0 Å². The van der Waals surface area contributed by atoms with Crippen LogP contribution >= 0.6 is 0 Å².